The number of rotatable bonds is 5. The fourth-order valence-corrected chi connectivity index (χ4v) is 3.11. The molecule has 0 aliphatic heterocycles. The molecule has 0 saturated carbocycles. The van der Waals surface area contributed by atoms with Gasteiger partial charge in [-0.1, -0.05) is 6.07 Å². The van der Waals surface area contributed by atoms with Crippen LogP contribution < -0.4 is 10.1 Å². The summed E-state index contributed by atoms with van der Waals surface area (Å²) < 4.78 is 5.13. The smallest absolute Gasteiger partial charge is 0.215 e. The second kappa shape index (κ2) is 7.37. The Morgan fingerprint density at radius 3 is 2.86 bits per heavy atom. The predicted molar refractivity (Wildman–Crippen MR) is 107 cm³/mol. The molecular formula is C21H18N6O. The molecule has 0 aliphatic carbocycles. The summed E-state index contributed by atoms with van der Waals surface area (Å²) in [4.78, 5) is 8.72. The number of fused-ring (bicyclic) bond motifs is 1. The Bertz CT molecular complexity index is 1190. The monoisotopic (exact) mass is 370 g/mol. The Morgan fingerprint density at radius 1 is 1.18 bits per heavy atom. The lowest BCUT2D eigenvalue weighted by Gasteiger charge is -2.09. The number of nitriles is 1. The standard InChI is InChI=1S/C21H18N6O/c1-13-9-14(11-22)3-4-16(13)15-7-8-23-19(10-15)24-12-18-17-5-6-20(28-2)25-21(17)27-26-18/h3-10H,12H2,1-2H3,(H,23,24)(H,25,26,27). The van der Waals surface area contributed by atoms with Gasteiger partial charge in [0, 0.05) is 17.6 Å². The summed E-state index contributed by atoms with van der Waals surface area (Å²) in [6.45, 7) is 2.54. The minimum absolute atomic E-state index is 0.533. The summed E-state index contributed by atoms with van der Waals surface area (Å²) in [6.07, 6.45) is 1.77. The molecule has 0 aliphatic rings. The van der Waals surface area contributed by atoms with Gasteiger partial charge in [0.15, 0.2) is 5.65 Å². The molecule has 3 aromatic heterocycles. The second-order valence-electron chi connectivity index (χ2n) is 6.35. The van der Waals surface area contributed by atoms with E-state index in [9.17, 15) is 0 Å². The number of hydrogen-bond donors (Lipinski definition) is 2. The van der Waals surface area contributed by atoms with E-state index in [2.05, 4.69) is 31.6 Å². The molecule has 3 heterocycles. The minimum Gasteiger partial charge on any atom is -0.481 e. The minimum atomic E-state index is 0.533. The number of pyridine rings is 2. The van der Waals surface area contributed by atoms with Crippen molar-refractivity contribution < 1.29 is 4.74 Å². The summed E-state index contributed by atoms with van der Waals surface area (Å²) in [7, 11) is 1.58. The summed E-state index contributed by atoms with van der Waals surface area (Å²) in [5, 5.41) is 20.6. The van der Waals surface area contributed by atoms with Gasteiger partial charge in [-0.05, 0) is 53.9 Å². The van der Waals surface area contributed by atoms with Crippen LogP contribution in [0.25, 0.3) is 22.2 Å². The van der Waals surface area contributed by atoms with E-state index >= 15 is 0 Å². The van der Waals surface area contributed by atoms with Crippen LogP contribution in [-0.2, 0) is 6.54 Å². The van der Waals surface area contributed by atoms with Crippen molar-refractivity contribution in [2.45, 2.75) is 13.5 Å². The number of nitrogens with zero attached hydrogens (tertiary/aromatic N) is 4. The number of nitrogens with one attached hydrogen (secondary N) is 2. The van der Waals surface area contributed by atoms with E-state index < -0.39 is 0 Å². The SMILES string of the molecule is COc1ccc2c(CNc3cc(-c4ccc(C#N)cc4C)ccn3)[nH]nc2n1. The molecule has 0 bridgehead atoms. The largest absolute Gasteiger partial charge is 0.481 e. The molecule has 1 aromatic carbocycles. The molecule has 4 rings (SSSR count). The van der Waals surface area contributed by atoms with Gasteiger partial charge in [0.05, 0.1) is 31.0 Å². The lowest BCUT2D eigenvalue weighted by atomic mass is 9.99. The molecule has 28 heavy (non-hydrogen) atoms. The fraction of sp³-hybridized carbons (Fsp3) is 0.143. The van der Waals surface area contributed by atoms with E-state index in [-0.39, 0.29) is 0 Å². The molecule has 0 atom stereocenters. The average molecular weight is 370 g/mol. The highest BCUT2D eigenvalue weighted by Crippen LogP contribution is 2.26. The number of hydrogen-bond acceptors (Lipinski definition) is 6. The highest BCUT2D eigenvalue weighted by Gasteiger charge is 2.09. The molecule has 2 N–H and O–H groups in total. The first-order valence-electron chi connectivity index (χ1n) is 8.77. The van der Waals surface area contributed by atoms with Crippen molar-refractivity contribution in [3.05, 3.63) is 65.5 Å². The maximum Gasteiger partial charge on any atom is 0.215 e. The van der Waals surface area contributed by atoms with E-state index in [4.69, 9.17) is 10.00 Å². The van der Waals surface area contributed by atoms with Gasteiger partial charge < -0.3 is 10.1 Å². The second-order valence-corrected chi connectivity index (χ2v) is 6.35. The first-order chi connectivity index (χ1) is 13.7. The van der Waals surface area contributed by atoms with Crippen LogP contribution in [0.3, 0.4) is 0 Å². The summed E-state index contributed by atoms with van der Waals surface area (Å²) in [6, 6.07) is 15.6. The molecular weight excluding hydrogens is 352 g/mol. The highest BCUT2D eigenvalue weighted by molar-refractivity contribution is 5.78. The van der Waals surface area contributed by atoms with Crippen molar-refractivity contribution >= 4 is 16.9 Å². The third kappa shape index (κ3) is 3.35. The molecule has 0 saturated heterocycles. The number of benzene rings is 1. The Kier molecular flexibility index (Phi) is 4.60. The molecule has 7 heteroatoms. The van der Waals surface area contributed by atoms with E-state index in [0.29, 0.717) is 23.6 Å². The zero-order valence-corrected chi connectivity index (χ0v) is 15.5. The van der Waals surface area contributed by atoms with Crippen LogP contribution >= 0.6 is 0 Å². The lowest BCUT2D eigenvalue weighted by molar-refractivity contribution is 0.399. The van der Waals surface area contributed by atoms with Crippen molar-refractivity contribution in [1.82, 2.24) is 20.2 Å². The number of aryl methyl sites for hydroxylation is 1. The van der Waals surface area contributed by atoms with Crippen LogP contribution in [0.1, 0.15) is 16.8 Å². The van der Waals surface area contributed by atoms with Gasteiger partial charge in [0.2, 0.25) is 5.88 Å². The van der Waals surface area contributed by atoms with Crippen molar-refractivity contribution in [3.63, 3.8) is 0 Å². The fourth-order valence-electron chi connectivity index (χ4n) is 3.11. The summed E-state index contributed by atoms with van der Waals surface area (Å²) >= 11 is 0. The Hall–Kier alpha value is -3.92. The zero-order chi connectivity index (χ0) is 19.5. The van der Waals surface area contributed by atoms with Gasteiger partial charge in [-0.15, -0.1) is 0 Å². The lowest BCUT2D eigenvalue weighted by Crippen LogP contribution is -2.02. The van der Waals surface area contributed by atoms with Crippen molar-refractivity contribution in [2.75, 3.05) is 12.4 Å². The molecule has 138 valence electrons. The Labute approximate surface area is 162 Å². The van der Waals surface area contributed by atoms with Crippen LogP contribution in [0.2, 0.25) is 0 Å². The third-order valence-electron chi connectivity index (χ3n) is 4.55. The van der Waals surface area contributed by atoms with Crippen molar-refractivity contribution in [2.24, 2.45) is 0 Å². The molecule has 7 nitrogen and oxygen atoms in total. The van der Waals surface area contributed by atoms with E-state index in [1.165, 1.54) is 0 Å². The Morgan fingerprint density at radius 2 is 2.07 bits per heavy atom. The quantitative estimate of drug-likeness (QED) is 0.554. The molecule has 4 aromatic rings. The number of H-pyrrole nitrogens is 1. The molecule has 0 unspecified atom stereocenters. The molecule has 0 fully saturated rings. The molecule has 0 spiro atoms. The van der Waals surface area contributed by atoms with Gasteiger partial charge in [-0.3, -0.25) is 5.10 Å². The van der Waals surface area contributed by atoms with Gasteiger partial charge in [0.25, 0.3) is 0 Å². The van der Waals surface area contributed by atoms with Crippen molar-refractivity contribution in [3.8, 4) is 23.1 Å². The number of aromatic amines is 1. The van der Waals surface area contributed by atoms with Crippen LogP contribution in [0.15, 0.2) is 48.7 Å². The average Bonchev–Trinajstić information content (AvgIpc) is 3.14. The van der Waals surface area contributed by atoms with Crippen molar-refractivity contribution in [1.29, 1.82) is 5.26 Å². The first-order valence-corrected chi connectivity index (χ1v) is 8.77. The maximum absolute atomic E-state index is 9.04. The summed E-state index contributed by atoms with van der Waals surface area (Å²) in [5.74, 6) is 1.29. The molecule has 0 amide bonds. The number of aromatic nitrogens is 4. The van der Waals surface area contributed by atoms with E-state index in [0.717, 1.165) is 33.6 Å². The van der Waals surface area contributed by atoms with Crippen LogP contribution in [-0.4, -0.2) is 27.3 Å². The van der Waals surface area contributed by atoms with Gasteiger partial charge in [-0.25, -0.2) is 4.98 Å². The van der Waals surface area contributed by atoms with Crippen LogP contribution in [0.5, 0.6) is 5.88 Å². The van der Waals surface area contributed by atoms with Crippen LogP contribution in [0, 0.1) is 18.3 Å². The number of methoxy groups -OCH3 is 1. The Balaban J connectivity index is 1.55. The van der Waals surface area contributed by atoms with Gasteiger partial charge >= 0.3 is 0 Å². The van der Waals surface area contributed by atoms with Gasteiger partial charge in [0.1, 0.15) is 5.82 Å². The number of ether oxygens (including phenoxy) is 1. The van der Waals surface area contributed by atoms with Gasteiger partial charge in [-0.2, -0.15) is 15.3 Å². The number of anilines is 1. The van der Waals surface area contributed by atoms with E-state index in [1.54, 1.807) is 13.3 Å². The topological polar surface area (TPSA) is 99.5 Å². The van der Waals surface area contributed by atoms with E-state index in [1.807, 2.05) is 49.4 Å². The zero-order valence-electron chi connectivity index (χ0n) is 15.5. The normalized spacial score (nSPS) is 10.6. The highest BCUT2D eigenvalue weighted by atomic mass is 16.5. The predicted octanol–water partition coefficient (Wildman–Crippen LogP) is 3.82. The third-order valence-corrected chi connectivity index (χ3v) is 4.55. The summed E-state index contributed by atoms with van der Waals surface area (Å²) in [5.41, 5.74) is 5.37. The van der Waals surface area contributed by atoms with Crippen LogP contribution in [0.4, 0.5) is 5.82 Å². The first kappa shape index (κ1) is 17.5. The maximum atomic E-state index is 9.04. The molecule has 0 radical (unpaired) electrons.